The predicted octanol–water partition coefficient (Wildman–Crippen LogP) is 3.57. The smallest absolute Gasteiger partial charge is 0.273 e. The van der Waals surface area contributed by atoms with E-state index in [-0.39, 0.29) is 29.1 Å². The lowest BCUT2D eigenvalue weighted by atomic mass is 9.87. The van der Waals surface area contributed by atoms with Crippen LogP contribution in [-0.2, 0) is 10.2 Å². The van der Waals surface area contributed by atoms with Crippen molar-refractivity contribution in [2.45, 2.75) is 33.1 Å². The zero-order valence-electron chi connectivity index (χ0n) is 15.8. The largest absolute Gasteiger partial charge is 0.343 e. The standard InChI is InChI=1S/C20H23N3O4/c1-13-5-6-14(11-17(13)23(26)27)19(25)21-12-18(24)22-16-9-7-15(8-10-16)20(2,3)4/h5-11H,12H2,1-4H3,(H,21,25)(H,22,24). The molecule has 2 N–H and O–H groups in total. The molecule has 0 saturated heterocycles. The fraction of sp³-hybridized carbons (Fsp3) is 0.300. The van der Waals surface area contributed by atoms with Crippen molar-refractivity contribution in [1.82, 2.24) is 5.32 Å². The van der Waals surface area contributed by atoms with Crippen LogP contribution in [0.1, 0.15) is 42.3 Å². The first-order valence-electron chi connectivity index (χ1n) is 8.51. The van der Waals surface area contributed by atoms with Gasteiger partial charge in [0, 0.05) is 22.9 Å². The Balaban J connectivity index is 1.94. The maximum Gasteiger partial charge on any atom is 0.273 e. The minimum Gasteiger partial charge on any atom is -0.343 e. The fourth-order valence-electron chi connectivity index (χ4n) is 2.47. The molecule has 7 heteroatoms. The molecule has 2 aromatic rings. The van der Waals surface area contributed by atoms with Gasteiger partial charge >= 0.3 is 0 Å². The van der Waals surface area contributed by atoms with Gasteiger partial charge < -0.3 is 10.6 Å². The van der Waals surface area contributed by atoms with E-state index in [0.717, 1.165) is 5.56 Å². The molecule has 7 nitrogen and oxygen atoms in total. The molecule has 0 spiro atoms. The summed E-state index contributed by atoms with van der Waals surface area (Å²) in [5.74, 6) is -0.926. The molecule has 0 heterocycles. The number of rotatable bonds is 5. The normalized spacial score (nSPS) is 11.0. The number of nitro benzene ring substituents is 1. The van der Waals surface area contributed by atoms with Crippen molar-refractivity contribution < 1.29 is 14.5 Å². The Labute approximate surface area is 157 Å². The van der Waals surface area contributed by atoms with Crippen LogP contribution >= 0.6 is 0 Å². The third-order valence-electron chi connectivity index (χ3n) is 4.11. The molecule has 0 saturated carbocycles. The summed E-state index contributed by atoms with van der Waals surface area (Å²) >= 11 is 0. The summed E-state index contributed by atoms with van der Waals surface area (Å²) < 4.78 is 0. The molecule has 0 aromatic heterocycles. The Kier molecular flexibility index (Phi) is 5.95. The van der Waals surface area contributed by atoms with Crippen molar-refractivity contribution in [3.05, 3.63) is 69.3 Å². The zero-order valence-corrected chi connectivity index (χ0v) is 15.8. The number of carbonyl (C=O) groups is 2. The van der Waals surface area contributed by atoms with E-state index in [2.05, 4.69) is 31.4 Å². The molecule has 0 radical (unpaired) electrons. The molecule has 142 valence electrons. The SMILES string of the molecule is Cc1ccc(C(=O)NCC(=O)Nc2ccc(C(C)(C)C)cc2)cc1[N+](=O)[O-]. The maximum atomic E-state index is 12.1. The minimum atomic E-state index is -0.545. The third-order valence-corrected chi connectivity index (χ3v) is 4.11. The molecule has 0 aliphatic heterocycles. The Bertz CT molecular complexity index is 868. The van der Waals surface area contributed by atoms with E-state index in [1.165, 1.54) is 18.2 Å². The van der Waals surface area contributed by atoms with Crippen LogP contribution in [0.3, 0.4) is 0 Å². The highest BCUT2D eigenvalue weighted by Gasteiger charge is 2.16. The van der Waals surface area contributed by atoms with Gasteiger partial charge in [0.15, 0.2) is 0 Å². The zero-order chi connectivity index (χ0) is 20.2. The second-order valence-corrected chi connectivity index (χ2v) is 7.32. The van der Waals surface area contributed by atoms with Crippen molar-refractivity contribution in [1.29, 1.82) is 0 Å². The van der Waals surface area contributed by atoms with Gasteiger partial charge in [-0.1, -0.05) is 39.0 Å². The summed E-state index contributed by atoms with van der Waals surface area (Å²) in [6, 6.07) is 11.7. The minimum absolute atomic E-state index is 0.0210. The van der Waals surface area contributed by atoms with Crippen LogP contribution in [0.5, 0.6) is 0 Å². The molecule has 2 rings (SSSR count). The van der Waals surface area contributed by atoms with Crippen LogP contribution in [0.15, 0.2) is 42.5 Å². The van der Waals surface area contributed by atoms with Gasteiger partial charge in [0.1, 0.15) is 0 Å². The van der Waals surface area contributed by atoms with E-state index in [9.17, 15) is 19.7 Å². The highest BCUT2D eigenvalue weighted by Crippen LogP contribution is 2.23. The topological polar surface area (TPSA) is 101 Å². The van der Waals surface area contributed by atoms with E-state index < -0.39 is 10.8 Å². The molecule has 0 aliphatic carbocycles. The fourth-order valence-corrected chi connectivity index (χ4v) is 2.47. The van der Waals surface area contributed by atoms with E-state index in [1.54, 1.807) is 6.92 Å². The predicted molar refractivity (Wildman–Crippen MR) is 104 cm³/mol. The summed E-state index contributed by atoms with van der Waals surface area (Å²) in [6.45, 7) is 7.67. The molecular formula is C20H23N3O4. The number of benzene rings is 2. The van der Waals surface area contributed by atoms with Crippen molar-refractivity contribution in [2.75, 3.05) is 11.9 Å². The van der Waals surface area contributed by atoms with Gasteiger partial charge in [-0.3, -0.25) is 19.7 Å². The lowest BCUT2D eigenvalue weighted by Crippen LogP contribution is -2.32. The van der Waals surface area contributed by atoms with E-state index in [4.69, 9.17) is 0 Å². The van der Waals surface area contributed by atoms with Crippen molar-refractivity contribution in [2.24, 2.45) is 0 Å². The number of aryl methyl sites for hydroxylation is 1. The van der Waals surface area contributed by atoms with Gasteiger partial charge in [0.05, 0.1) is 11.5 Å². The molecule has 0 bridgehead atoms. The van der Waals surface area contributed by atoms with Crippen LogP contribution < -0.4 is 10.6 Å². The van der Waals surface area contributed by atoms with E-state index in [0.29, 0.717) is 11.3 Å². The number of hydrogen-bond donors (Lipinski definition) is 2. The first kappa shape index (κ1) is 20.1. The van der Waals surface area contributed by atoms with Crippen molar-refractivity contribution in [3.63, 3.8) is 0 Å². The first-order chi connectivity index (χ1) is 12.6. The molecule has 0 atom stereocenters. The molecule has 0 unspecified atom stereocenters. The van der Waals surface area contributed by atoms with Gasteiger partial charge in [-0.25, -0.2) is 0 Å². The highest BCUT2D eigenvalue weighted by atomic mass is 16.6. The van der Waals surface area contributed by atoms with Crippen LogP contribution in [0.4, 0.5) is 11.4 Å². The Hall–Kier alpha value is -3.22. The van der Waals surface area contributed by atoms with Crippen molar-refractivity contribution in [3.8, 4) is 0 Å². The van der Waals surface area contributed by atoms with Gasteiger partial charge in [0.25, 0.3) is 11.6 Å². The number of nitrogens with zero attached hydrogens (tertiary/aromatic N) is 1. The Morgan fingerprint density at radius 2 is 1.70 bits per heavy atom. The lowest BCUT2D eigenvalue weighted by Gasteiger charge is -2.19. The summed E-state index contributed by atoms with van der Waals surface area (Å²) in [5.41, 5.74) is 2.27. The van der Waals surface area contributed by atoms with Crippen LogP contribution in [0.2, 0.25) is 0 Å². The van der Waals surface area contributed by atoms with E-state index in [1.807, 2.05) is 24.3 Å². The average Bonchev–Trinajstić information content (AvgIpc) is 2.59. The Morgan fingerprint density at radius 3 is 2.26 bits per heavy atom. The monoisotopic (exact) mass is 369 g/mol. The number of nitro groups is 1. The van der Waals surface area contributed by atoms with Gasteiger partial charge in [0.2, 0.25) is 5.91 Å². The second kappa shape index (κ2) is 7.99. The van der Waals surface area contributed by atoms with Crippen LogP contribution in [-0.4, -0.2) is 23.3 Å². The van der Waals surface area contributed by atoms with Crippen LogP contribution in [0.25, 0.3) is 0 Å². The molecule has 27 heavy (non-hydrogen) atoms. The summed E-state index contributed by atoms with van der Waals surface area (Å²) in [6.07, 6.45) is 0. The highest BCUT2D eigenvalue weighted by molar-refractivity contribution is 5.99. The number of hydrogen-bond acceptors (Lipinski definition) is 4. The average molecular weight is 369 g/mol. The van der Waals surface area contributed by atoms with Gasteiger partial charge in [-0.05, 0) is 36.1 Å². The quantitative estimate of drug-likeness (QED) is 0.621. The number of nitrogens with one attached hydrogen (secondary N) is 2. The second-order valence-electron chi connectivity index (χ2n) is 7.32. The maximum absolute atomic E-state index is 12.1. The number of amides is 2. The molecule has 0 aliphatic rings. The van der Waals surface area contributed by atoms with Gasteiger partial charge in [-0.2, -0.15) is 0 Å². The van der Waals surface area contributed by atoms with E-state index >= 15 is 0 Å². The van der Waals surface area contributed by atoms with Crippen LogP contribution in [0, 0.1) is 17.0 Å². The number of anilines is 1. The lowest BCUT2D eigenvalue weighted by molar-refractivity contribution is -0.385. The van der Waals surface area contributed by atoms with Crippen molar-refractivity contribution >= 4 is 23.2 Å². The van der Waals surface area contributed by atoms with Gasteiger partial charge in [-0.15, -0.1) is 0 Å². The third kappa shape index (κ3) is 5.37. The molecule has 0 fully saturated rings. The molecular weight excluding hydrogens is 346 g/mol. The summed E-state index contributed by atoms with van der Waals surface area (Å²) in [4.78, 5) is 34.6. The molecule has 2 amide bonds. The summed E-state index contributed by atoms with van der Waals surface area (Å²) in [5, 5.41) is 16.1. The first-order valence-corrected chi connectivity index (χ1v) is 8.51. The Morgan fingerprint density at radius 1 is 1.07 bits per heavy atom. The summed E-state index contributed by atoms with van der Waals surface area (Å²) in [7, 11) is 0. The number of carbonyl (C=O) groups excluding carboxylic acids is 2. The molecule has 2 aromatic carbocycles.